The zero-order valence-electron chi connectivity index (χ0n) is 9.89. The number of hydrogen-bond acceptors (Lipinski definition) is 5. The molecule has 0 aliphatic rings. The van der Waals surface area contributed by atoms with Gasteiger partial charge in [-0.05, 0) is 12.5 Å². The molecule has 1 heterocycles. The molecule has 1 aromatic heterocycles. The van der Waals surface area contributed by atoms with Gasteiger partial charge >= 0.3 is 5.97 Å². The number of methoxy groups -OCH3 is 1. The lowest BCUT2D eigenvalue weighted by Gasteiger charge is -2.11. The Bertz CT molecular complexity index is 414. The molecule has 100 valence electrons. The minimum atomic E-state index is -1.11. The van der Waals surface area contributed by atoms with Crippen LogP contribution >= 0.6 is 11.6 Å². The lowest BCUT2D eigenvalue weighted by Crippen LogP contribution is -2.18. The van der Waals surface area contributed by atoms with Gasteiger partial charge in [-0.3, -0.25) is 0 Å². The first kappa shape index (κ1) is 14.7. The molecule has 1 atom stereocenters. The number of rotatable bonds is 7. The molecule has 1 aromatic rings. The molecule has 6 nitrogen and oxygen atoms in total. The van der Waals surface area contributed by atoms with Crippen molar-refractivity contribution >= 4 is 23.4 Å². The number of pyridine rings is 1. The van der Waals surface area contributed by atoms with Crippen molar-refractivity contribution in [3.8, 4) is 0 Å². The summed E-state index contributed by atoms with van der Waals surface area (Å²) in [7, 11) is 1.51. The predicted octanol–water partition coefficient (Wildman–Crippen LogP) is 1.24. The summed E-state index contributed by atoms with van der Waals surface area (Å²) in [5.74, 6) is -0.703. The van der Waals surface area contributed by atoms with Crippen molar-refractivity contribution in [1.29, 1.82) is 0 Å². The normalized spacial score (nSPS) is 12.2. The molecule has 0 aliphatic heterocycles. The quantitative estimate of drug-likeness (QED) is 0.693. The average Bonchev–Trinajstić information content (AvgIpc) is 2.31. The first-order valence-electron chi connectivity index (χ1n) is 5.34. The van der Waals surface area contributed by atoms with Gasteiger partial charge in [0.15, 0.2) is 0 Å². The van der Waals surface area contributed by atoms with Gasteiger partial charge in [-0.2, -0.15) is 0 Å². The van der Waals surface area contributed by atoms with E-state index < -0.39 is 12.1 Å². The van der Waals surface area contributed by atoms with Gasteiger partial charge < -0.3 is 20.3 Å². The number of nitrogens with zero attached hydrogens (tertiary/aromatic N) is 1. The Morgan fingerprint density at radius 2 is 2.39 bits per heavy atom. The number of aromatic carboxylic acids is 1. The van der Waals surface area contributed by atoms with Crippen LogP contribution in [0.25, 0.3) is 0 Å². The number of carboxylic acid groups (broad SMARTS) is 1. The van der Waals surface area contributed by atoms with E-state index in [1.54, 1.807) is 0 Å². The zero-order valence-corrected chi connectivity index (χ0v) is 10.6. The molecule has 0 saturated heterocycles. The van der Waals surface area contributed by atoms with E-state index in [0.717, 1.165) is 0 Å². The fraction of sp³-hybridized carbons (Fsp3) is 0.455. The van der Waals surface area contributed by atoms with E-state index in [4.69, 9.17) is 21.4 Å². The summed E-state index contributed by atoms with van der Waals surface area (Å²) in [6, 6.07) is 1.35. The second kappa shape index (κ2) is 7.15. The summed E-state index contributed by atoms with van der Waals surface area (Å²) in [5.41, 5.74) is -0.00777. The highest BCUT2D eigenvalue weighted by molar-refractivity contribution is 6.33. The molecule has 0 amide bonds. The molecule has 7 heteroatoms. The number of carbonyl (C=O) groups is 1. The maximum atomic E-state index is 10.8. The third kappa shape index (κ3) is 4.48. The molecular weight excluding hydrogens is 260 g/mol. The van der Waals surface area contributed by atoms with E-state index in [9.17, 15) is 9.90 Å². The first-order chi connectivity index (χ1) is 8.54. The number of carboxylic acids is 1. The van der Waals surface area contributed by atoms with Crippen LogP contribution in [0.3, 0.4) is 0 Å². The molecule has 0 spiro atoms. The van der Waals surface area contributed by atoms with Crippen molar-refractivity contribution in [2.24, 2.45) is 0 Å². The molecule has 0 radical (unpaired) electrons. The highest BCUT2D eigenvalue weighted by Crippen LogP contribution is 2.17. The van der Waals surface area contributed by atoms with Crippen LogP contribution in [0.2, 0.25) is 5.02 Å². The smallest absolute Gasteiger partial charge is 0.337 e. The average molecular weight is 275 g/mol. The number of ether oxygens (including phenoxy) is 1. The van der Waals surface area contributed by atoms with Crippen molar-refractivity contribution in [2.75, 3.05) is 25.6 Å². The summed E-state index contributed by atoms with van der Waals surface area (Å²) in [4.78, 5) is 14.8. The molecule has 1 rings (SSSR count). The van der Waals surface area contributed by atoms with Crippen molar-refractivity contribution in [1.82, 2.24) is 4.98 Å². The minimum Gasteiger partial charge on any atom is -0.478 e. The van der Waals surface area contributed by atoms with Crippen LogP contribution < -0.4 is 5.32 Å². The van der Waals surface area contributed by atoms with Crippen molar-refractivity contribution in [3.63, 3.8) is 0 Å². The van der Waals surface area contributed by atoms with Crippen molar-refractivity contribution in [3.05, 3.63) is 22.8 Å². The largest absolute Gasteiger partial charge is 0.478 e. The number of anilines is 1. The maximum absolute atomic E-state index is 10.8. The Morgan fingerprint density at radius 3 is 3.00 bits per heavy atom. The van der Waals surface area contributed by atoms with Gasteiger partial charge in [0, 0.05) is 19.9 Å². The molecular formula is C11H15ClN2O4. The van der Waals surface area contributed by atoms with E-state index in [1.165, 1.54) is 19.4 Å². The SMILES string of the molecule is COCC(O)CCNc1cc(C(=O)O)c(Cl)cn1. The molecule has 1 unspecified atom stereocenters. The van der Waals surface area contributed by atoms with Crippen LogP contribution in [0.15, 0.2) is 12.3 Å². The zero-order chi connectivity index (χ0) is 13.5. The topological polar surface area (TPSA) is 91.7 Å². The van der Waals surface area contributed by atoms with Gasteiger partial charge in [-0.15, -0.1) is 0 Å². The van der Waals surface area contributed by atoms with Crippen LogP contribution in [0, 0.1) is 0 Å². The Kier molecular flexibility index (Phi) is 5.84. The van der Waals surface area contributed by atoms with E-state index in [0.29, 0.717) is 18.8 Å². The molecule has 0 saturated carbocycles. The molecule has 18 heavy (non-hydrogen) atoms. The van der Waals surface area contributed by atoms with Crippen molar-refractivity contribution < 1.29 is 19.7 Å². The Hall–Kier alpha value is -1.37. The van der Waals surface area contributed by atoms with Crippen molar-refractivity contribution in [2.45, 2.75) is 12.5 Å². The lowest BCUT2D eigenvalue weighted by atomic mass is 10.2. The van der Waals surface area contributed by atoms with Gasteiger partial charge in [0.05, 0.1) is 23.3 Å². The predicted molar refractivity (Wildman–Crippen MR) is 67.2 cm³/mol. The van der Waals surface area contributed by atoms with Crippen LogP contribution in [0.1, 0.15) is 16.8 Å². The number of hydrogen-bond donors (Lipinski definition) is 3. The van der Waals surface area contributed by atoms with E-state index in [2.05, 4.69) is 10.3 Å². The fourth-order valence-electron chi connectivity index (χ4n) is 1.34. The number of aliphatic hydroxyl groups is 1. The van der Waals surface area contributed by atoms with E-state index in [-0.39, 0.29) is 17.2 Å². The summed E-state index contributed by atoms with van der Waals surface area (Å²) in [6.45, 7) is 0.717. The monoisotopic (exact) mass is 274 g/mol. The minimum absolute atomic E-state index is 0.00777. The third-order valence-electron chi connectivity index (χ3n) is 2.23. The Morgan fingerprint density at radius 1 is 1.67 bits per heavy atom. The van der Waals surface area contributed by atoms with E-state index in [1.807, 2.05) is 0 Å². The number of halogens is 1. The standard InChI is InChI=1S/C11H15ClN2O4/c1-18-6-7(15)2-3-13-10-4-8(11(16)17)9(12)5-14-10/h4-5,7,15H,2-3,6H2,1H3,(H,13,14)(H,16,17). The first-order valence-corrected chi connectivity index (χ1v) is 5.72. The maximum Gasteiger partial charge on any atom is 0.337 e. The second-order valence-corrected chi connectivity index (χ2v) is 4.09. The molecule has 0 fully saturated rings. The van der Waals surface area contributed by atoms with E-state index >= 15 is 0 Å². The van der Waals surface area contributed by atoms with Crippen LogP contribution in [-0.2, 0) is 4.74 Å². The fourth-order valence-corrected chi connectivity index (χ4v) is 1.53. The highest BCUT2D eigenvalue weighted by atomic mass is 35.5. The van der Waals surface area contributed by atoms with Gasteiger partial charge in [-0.1, -0.05) is 11.6 Å². The van der Waals surface area contributed by atoms with Crippen LogP contribution in [0.5, 0.6) is 0 Å². The molecule has 0 aliphatic carbocycles. The molecule has 3 N–H and O–H groups in total. The van der Waals surface area contributed by atoms with Crippen LogP contribution in [0.4, 0.5) is 5.82 Å². The van der Waals surface area contributed by atoms with Crippen LogP contribution in [-0.4, -0.2) is 47.5 Å². The molecule has 0 bridgehead atoms. The van der Waals surface area contributed by atoms with Gasteiger partial charge in [0.1, 0.15) is 5.82 Å². The van der Waals surface area contributed by atoms with Gasteiger partial charge in [0.25, 0.3) is 0 Å². The number of nitrogens with one attached hydrogen (secondary N) is 1. The second-order valence-electron chi connectivity index (χ2n) is 3.68. The lowest BCUT2D eigenvalue weighted by molar-refractivity contribution is 0.0615. The third-order valence-corrected chi connectivity index (χ3v) is 2.53. The number of aromatic nitrogens is 1. The molecule has 0 aromatic carbocycles. The summed E-state index contributed by atoms with van der Waals surface area (Å²) >= 11 is 5.69. The number of aliphatic hydroxyl groups excluding tert-OH is 1. The van der Waals surface area contributed by atoms with Gasteiger partial charge in [-0.25, -0.2) is 9.78 Å². The Labute approximate surface area is 110 Å². The Balaban J connectivity index is 2.53. The summed E-state index contributed by atoms with van der Waals surface area (Å²) in [5, 5.41) is 21.3. The highest BCUT2D eigenvalue weighted by Gasteiger charge is 2.10. The summed E-state index contributed by atoms with van der Waals surface area (Å²) in [6.07, 6.45) is 1.19. The summed E-state index contributed by atoms with van der Waals surface area (Å²) < 4.78 is 4.78. The van der Waals surface area contributed by atoms with Gasteiger partial charge in [0.2, 0.25) is 0 Å².